The summed E-state index contributed by atoms with van der Waals surface area (Å²) in [7, 11) is 0. The van der Waals surface area contributed by atoms with Crippen LogP contribution in [0.3, 0.4) is 0 Å². The van der Waals surface area contributed by atoms with Crippen LogP contribution in [-0.2, 0) is 25.5 Å². The van der Waals surface area contributed by atoms with Crippen LogP contribution in [0.4, 0.5) is 5.82 Å². The van der Waals surface area contributed by atoms with Crippen molar-refractivity contribution in [2.75, 3.05) is 11.9 Å². The molecule has 0 aliphatic carbocycles. The monoisotopic (exact) mass is 667 g/mol. The number of carbonyl (C=O) groups excluding carboxylic acids is 3. The van der Waals surface area contributed by atoms with Gasteiger partial charge in [-0.1, -0.05) is 101 Å². The van der Waals surface area contributed by atoms with Crippen molar-refractivity contribution in [3.8, 4) is 0 Å². The zero-order valence-electron chi connectivity index (χ0n) is 30.3. The van der Waals surface area contributed by atoms with Crippen molar-refractivity contribution in [3.05, 3.63) is 109 Å². The predicted octanol–water partition coefficient (Wildman–Crippen LogP) is 7.59. The molecule has 0 aliphatic rings. The first kappa shape index (κ1) is 38.5. The summed E-state index contributed by atoms with van der Waals surface area (Å²) in [5, 5.41) is 10.6. The zero-order chi connectivity index (χ0) is 36.2. The highest BCUT2D eigenvalue weighted by Crippen LogP contribution is 2.30. The lowest BCUT2D eigenvalue weighted by molar-refractivity contribution is -0.133. The standard InChI is InChI=1S/C35H41N5O4.C5H12/c1-6-44-24(2)32(29-20-19-27-16-10-11-17-28(27)21-29)40-22-31(36-23-40)38-33(42)30(18-12-15-26-13-8-7-9-14-26)37-34(43)35(4,5)39-25(3)41;1-5(2,3)4/h7-11,13-14,16-17,19-23,30,32H,2,6,12,15,18H2,1,3-5H3,(H,37,43)(H,38,42)(H,39,41);1-4H3. The number of rotatable bonds is 14. The number of carbonyl (C=O) groups is 3. The largest absolute Gasteiger partial charge is 0.496 e. The molecule has 0 fully saturated rings. The highest BCUT2D eigenvalue weighted by molar-refractivity contribution is 5.98. The molecule has 4 rings (SSSR count). The third kappa shape index (κ3) is 12.6. The summed E-state index contributed by atoms with van der Waals surface area (Å²) < 4.78 is 7.68. The van der Waals surface area contributed by atoms with Gasteiger partial charge >= 0.3 is 0 Å². The van der Waals surface area contributed by atoms with Crippen molar-refractivity contribution in [3.63, 3.8) is 0 Å². The SMILES string of the molecule is C=C(OCC)C(c1ccc2ccccc2c1)n1cnc(NC(=O)C(CCCc2ccccc2)NC(=O)C(C)(C)NC(C)=O)c1.CC(C)(C)C. The molecule has 3 aromatic carbocycles. The average molecular weight is 668 g/mol. The smallest absolute Gasteiger partial charge is 0.248 e. The molecule has 2 unspecified atom stereocenters. The number of benzene rings is 3. The van der Waals surface area contributed by atoms with Gasteiger partial charge in [-0.3, -0.25) is 14.4 Å². The minimum Gasteiger partial charge on any atom is -0.496 e. The topological polar surface area (TPSA) is 114 Å². The molecule has 0 aliphatic heterocycles. The fraction of sp³-hybridized carbons (Fsp3) is 0.400. The van der Waals surface area contributed by atoms with Gasteiger partial charge in [0.2, 0.25) is 17.7 Å². The van der Waals surface area contributed by atoms with Crippen molar-refractivity contribution in [2.45, 2.75) is 92.3 Å². The van der Waals surface area contributed by atoms with Crippen LogP contribution in [0.2, 0.25) is 0 Å². The van der Waals surface area contributed by atoms with Crippen LogP contribution in [0.1, 0.15) is 85.4 Å². The van der Waals surface area contributed by atoms with Gasteiger partial charge in [0.1, 0.15) is 23.4 Å². The van der Waals surface area contributed by atoms with Crippen molar-refractivity contribution >= 4 is 34.3 Å². The Balaban J connectivity index is 0.00000121. The van der Waals surface area contributed by atoms with Gasteiger partial charge in [-0.05, 0) is 73.4 Å². The third-order valence-electron chi connectivity index (χ3n) is 7.35. The van der Waals surface area contributed by atoms with Gasteiger partial charge in [0.25, 0.3) is 0 Å². The molecule has 0 bridgehead atoms. The molecule has 4 aromatic rings. The van der Waals surface area contributed by atoms with Gasteiger partial charge in [-0.15, -0.1) is 0 Å². The lowest BCUT2D eigenvalue weighted by Crippen LogP contribution is -2.58. The van der Waals surface area contributed by atoms with E-state index in [-0.39, 0.29) is 11.9 Å². The van der Waals surface area contributed by atoms with E-state index in [2.05, 4.69) is 79.5 Å². The molecule has 49 heavy (non-hydrogen) atoms. The Morgan fingerprint density at radius 1 is 0.918 bits per heavy atom. The molecule has 2 atom stereocenters. The van der Waals surface area contributed by atoms with E-state index in [1.54, 1.807) is 26.4 Å². The van der Waals surface area contributed by atoms with Crippen LogP contribution < -0.4 is 16.0 Å². The lowest BCUT2D eigenvalue weighted by atomic mass is 10.0. The molecule has 1 aromatic heterocycles. The zero-order valence-corrected chi connectivity index (χ0v) is 30.3. The Kier molecular flexibility index (Phi) is 13.7. The van der Waals surface area contributed by atoms with E-state index in [0.717, 1.165) is 28.3 Å². The number of anilines is 1. The highest BCUT2D eigenvalue weighted by Gasteiger charge is 2.32. The first-order chi connectivity index (χ1) is 23.1. The van der Waals surface area contributed by atoms with Crippen molar-refractivity contribution in [1.29, 1.82) is 0 Å². The van der Waals surface area contributed by atoms with E-state index in [1.807, 2.05) is 60.0 Å². The summed E-state index contributed by atoms with van der Waals surface area (Å²) in [6, 6.07) is 23.0. The minimum atomic E-state index is -1.20. The maximum Gasteiger partial charge on any atom is 0.248 e. The fourth-order valence-corrected chi connectivity index (χ4v) is 5.18. The van der Waals surface area contributed by atoms with Gasteiger partial charge < -0.3 is 25.3 Å². The van der Waals surface area contributed by atoms with Crippen LogP contribution in [-0.4, -0.2) is 45.5 Å². The van der Waals surface area contributed by atoms with Gasteiger partial charge in [0.15, 0.2) is 5.82 Å². The van der Waals surface area contributed by atoms with E-state index >= 15 is 0 Å². The van der Waals surface area contributed by atoms with E-state index in [0.29, 0.717) is 36.4 Å². The molecular weight excluding hydrogens is 614 g/mol. The molecule has 0 saturated carbocycles. The Labute approximate surface area is 291 Å². The average Bonchev–Trinajstić information content (AvgIpc) is 3.47. The number of nitrogens with one attached hydrogen (secondary N) is 3. The number of aryl methyl sites for hydroxylation is 1. The van der Waals surface area contributed by atoms with E-state index in [4.69, 9.17) is 4.74 Å². The third-order valence-corrected chi connectivity index (χ3v) is 7.35. The lowest BCUT2D eigenvalue weighted by Gasteiger charge is -2.27. The van der Waals surface area contributed by atoms with Crippen molar-refractivity contribution in [2.24, 2.45) is 5.41 Å². The molecule has 9 heteroatoms. The molecule has 1 heterocycles. The number of nitrogens with zero attached hydrogens (tertiary/aromatic N) is 2. The number of hydrogen-bond donors (Lipinski definition) is 3. The molecule has 3 amide bonds. The predicted molar refractivity (Wildman–Crippen MR) is 198 cm³/mol. The van der Waals surface area contributed by atoms with Crippen LogP contribution in [0.5, 0.6) is 0 Å². The van der Waals surface area contributed by atoms with Gasteiger partial charge in [0.05, 0.1) is 12.9 Å². The van der Waals surface area contributed by atoms with Crippen LogP contribution in [0.15, 0.2) is 97.7 Å². The number of fused-ring (bicyclic) bond motifs is 1. The van der Waals surface area contributed by atoms with Gasteiger partial charge in [-0.2, -0.15) is 0 Å². The summed E-state index contributed by atoms with van der Waals surface area (Å²) in [4.78, 5) is 42.8. The van der Waals surface area contributed by atoms with E-state index in [1.165, 1.54) is 6.92 Å². The van der Waals surface area contributed by atoms with Crippen molar-refractivity contribution < 1.29 is 19.1 Å². The molecule has 9 nitrogen and oxygen atoms in total. The number of aromatic nitrogens is 2. The number of hydrogen-bond acceptors (Lipinski definition) is 5. The van der Waals surface area contributed by atoms with Crippen molar-refractivity contribution in [1.82, 2.24) is 20.2 Å². The van der Waals surface area contributed by atoms with E-state index < -0.39 is 23.4 Å². The Hall–Kier alpha value is -4.92. The summed E-state index contributed by atoms with van der Waals surface area (Å²) in [5.74, 6) is -0.322. The quantitative estimate of drug-likeness (QED) is 0.120. The minimum absolute atomic E-state index is 0.327. The number of amides is 3. The number of ether oxygens (including phenoxy) is 1. The van der Waals surface area contributed by atoms with Gasteiger partial charge in [-0.25, -0.2) is 4.98 Å². The van der Waals surface area contributed by atoms with Crippen LogP contribution in [0, 0.1) is 5.41 Å². The maximum absolute atomic E-state index is 13.6. The van der Waals surface area contributed by atoms with Gasteiger partial charge in [0, 0.05) is 13.1 Å². The summed E-state index contributed by atoms with van der Waals surface area (Å²) >= 11 is 0. The molecule has 0 radical (unpaired) electrons. The normalized spacial score (nSPS) is 12.6. The number of imidazole rings is 1. The summed E-state index contributed by atoms with van der Waals surface area (Å²) in [6.07, 6.45) is 5.16. The highest BCUT2D eigenvalue weighted by atomic mass is 16.5. The Morgan fingerprint density at radius 3 is 2.18 bits per heavy atom. The molecule has 0 spiro atoms. The second kappa shape index (κ2) is 17.5. The second-order valence-electron chi connectivity index (χ2n) is 14.3. The first-order valence-corrected chi connectivity index (χ1v) is 16.9. The van der Waals surface area contributed by atoms with Crippen LogP contribution >= 0.6 is 0 Å². The fourth-order valence-electron chi connectivity index (χ4n) is 5.18. The first-order valence-electron chi connectivity index (χ1n) is 16.9. The van der Waals surface area contributed by atoms with Crippen LogP contribution in [0.25, 0.3) is 10.8 Å². The summed E-state index contributed by atoms with van der Waals surface area (Å²) in [5.41, 5.74) is 1.41. The number of allylic oxidation sites excluding steroid dienone is 1. The molecule has 0 saturated heterocycles. The second-order valence-corrected chi connectivity index (χ2v) is 14.3. The summed E-state index contributed by atoms with van der Waals surface area (Å²) in [6.45, 7) is 19.8. The molecule has 3 N–H and O–H groups in total. The maximum atomic E-state index is 13.6. The Bertz CT molecular complexity index is 1700. The Morgan fingerprint density at radius 2 is 1.55 bits per heavy atom. The molecular formula is C40H53N5O4. The molecule has 262 valence electrons. The van der Waals surface area contributed by atoms with E-state index in [9.17, 15) is 14.4 Å².